The predicted octanol–water partition coefficient (Wildman–Crippen LogP) is 6.05. The Bertz CT molecular complexity index is 1620. The van der Waals surface area contributed by atoms with Gasteiger partial charge in [0, 0.05) is 43.9 Å². The molecule has 0 aliphatic carbocycles. The molecule has 1 aliphatic heterocycles. The maximum absolute atomic E-state index is 12.9. The summed E-state index contributed by atoms with van der Waals surface area (Å²) in [7, 11) is 0. The molecule has 0 unspecified atom stereocenters. The molecule has 0 saturated carbocycles. The van der Waals surface area contributed by atoms with Crippen LogP contribution in [0.5, 0.6) is 0 Å². The fourth-order valence-electron chi connectivity index (χ4n) is 5.02. The summed E-state index contributed by atoms with van der Waals surface area (Å²) in [6.45, 7) is 6.61. The second-order valence-electron chi connectivity index (χ2n) is 9.76. The molecular formula is C30H30N6O2. The van der Waals surface area contributed by atoms with Crippen molar-refractivity contribution in [3.05, 3.63) is 78.1 Å². The molecule has 0 atom stereocenters. The summed E-state index contributed by atoms with van der Waals surface area (Å²) >= 11 is 0. The number of benzene rings is 3. The first-order valence-corrected chi connectivity index (χ1v) is 13.1. The van der Waals surface area contributed by atoms with Gasteiger partial charge in [-0.15, -0.1) is 0 Å². The molecule has 8 heteroatoms. The van der Waals surface area contributed by atoms with Crippen LogP contribution >= 0.6 is 0 Å². The van der Waals surface area contributed by atoms with Gasteiger partial charge in [0.1, 0.15) is 22.7 Å². The summed E-state index contributed by atoms with van der Waals surface area (Å²) < 4.78 is 5.77. The Morgan fingerprint density at radius 2 is 1.76 bits per heavy atom. The van der Waals surface area contributed by atoms with Crippen molar-refractivity contribution in [3.8, 4) is 11.3 Å². The first-order chi connectivity index (χ1) is 18.6. The number of aromatic nitrogens is 3. The molecule has 0 spiro atoms. The molecule has 2 amide bonds. The standard InChI is InChI=1S/C30H30N6O2/c1-3-7-25-32-28(35-14-16-36(17-15-35)30(37)31-24-11-6-8-20(2)18-24)26-27(34-38-29(26)33-25)23-13-12-21-9-4-5-10-22(21)19-23/h4-6,8-13,18-19H,3,7,14-17H2,1-2H3,(H,31,37). The zero-order valence-corrected chi connectivity index (χ0v) is 21.6. The molecule has 0 bridgehead atoms. The van der Waals surface area contributed by atoms with Crippen molar-refractivity contribution in [2.24, 2.45) is 0 Å². The van der Waals surface area contributed by atoms with Crippen LogP contribution in [0.1, 0.15) is 24.7 Å². The van der Waals surface area contributed by atoms with Crippen molar-refractivity contribution in [3.63, 3.8) is 0 Å². The number of piperazine rings is 1. The van der Waals surface area contributed by atoms with E-state index in [1.807, 2.05) is 48.2 Å². The van der Waals surface area contributed by atoms with Crippen molar-refractivity contribution < 1.29 is 9.32 Å². The van der Waals surface area contributed by atoms with Gasteiger partial charge < -0.3 is 19.6 Å². The maximum atomic E-state index is 12.9. The van der Waals surface area contributed by atoms with Gasteiger partial charge in [0.25, 0.3) is 5.71 Å². The smallest absolute Gasteiger partial charge is 0.321 e. The molecule has 192 valence electrons. The van der Waals surface area contributed by atoms with Crippen molar-refractivity contribution >= 4 is 39.4 Å². The topological polar surface area (TPSA) is 87.4 Å². The monoisotopic (exact) mass is 506 g/mol. The van der Waals surface area contributed by atoms with Gasteiger partial charge in [0.05, 0.1) is 0 Å². The zero-order valence-electron chi connectivity index (χ0n) is 21.6. The van der Waals surface area contributed by atoms with Gasteiger partial charge in [-0.25, -0.2) is 9.78 Å². The first-order valence-electron chi connectivity index (χ1n) is 13.1. The van der Waals surface area contributed by atoms with Gasteiger partial charge >= 0.3 is 6.03 Å². The largest absolute Gasteiger partial charge is 0.352 e. The zero-order chi connectivity index (χ0) is 26.1. The third kappa shape index (κ3) is 4.65. The normalized spacial score (nSPS) is 13.8. The highest BCUT2D eigenvalue weighted by molar-refractivity contribution is 6.00. The third-order valence-corrected chi connectivity index (χ3v) is 7.00. The van der Waals surface area contributed by atoms with E-state index in [1.54, 1.807) is 0 Å². The molecule has 2 aromatic heterocycles. The summed E-state index contributed by atoms with van der Waals surface area (Å²) in [5.41, 5.74) is 4.12. The highest BCUT2D eigenvalue weighted by atomic mass is 16.5. The molecule has 1 aliphatic rings. The third-order valence-electron chi connectivity index (χ3n) is 7.00. The van der Waals surface area contributed by atoms with Crippen LogP contribution in [0.25, 0.3) is 33.1 Å². The number of nitrogens with zero attached hydrogens (tertiary/aromatic N) is 5. The lowest BCUT2D eigenvalue weighted by Crippen LogP contribution is -2.50. The minimum atomic E-state index is -0.0865. The molecule has 8 nitrogen and oxygen atoms in total. The van der Waals surface area contributed by atoms with Crippen molar-refractivity contribution in [1.29, 1.82) is 0 Å². The number of carbonyl (C=O) groups excluding carboxylic acids is 1. The van der Waals surface area contributed by atoms with Gasteiger partial charge in [0.2, 0.25) is 0 Å². The number of hydrogen-bond donors (Lipinski definition) is 1. The summed E-state index contributed by atoms with van der Waals surface area (Å²) in [6, 6.07) is 22.3. The number of aryl methyl sites for hydroxylation is 2. The number of nitrogens with one attached hydrogen (secondary N) is 1. The van der Waals surface area contributed by atoms with E-state index < -0.39 is 0 Å². The lowest BCUT2D eigenvalue weighted by Gasteiger charge is -2.35. The van der Waals surface area contributed by atoms with Crippen LogP contribution in [0.4, 0.5) is 16.3 Å². The van der Waals surface area contributed by atoms with Crippen LogP contribution in [0, 0.1) is 6.92 Å². The van der Waals surface area contributed by atoms with Crippen molar-refractivity contribution in [2.75, 3.05) is 36.4 Å². The fraction of sp³-hybridized carbons (Fsp3) is 0.267. The Kier molecular flexibility index (Phi) is 6.37. The van der Waals surface area contributed by atoms with E-state index in [4.69, 9.17) is 9.51 Å². The van der Waals surface area contributed by atoms with E-state index in [9.17, 15) is 4.79 Å². The number of urea groups is 1. The lowest BCUT2D eigenvalue weighted by atomic mass is 10.0. The predicted molar refractivity (Wildman–Crippen MR) is 151 cm³/mol. The highest BCUT2D eigenvalue weighted by Crippen LogP contribution is 2.35. The van der Waals surface area contributed by atoms with Crippen LogP contribution in [-0.2, 0) is 6.42 Å². The Hall–Kier alpha value is -4.46. The van der Waals surface area contributed by atoms with E-state index in [2.05, 4.69) is 57.6 Å². The second-order valence-corrected chi connectivity index (χ2v) is 9.76. The van der Waals surface area contributed by atoms with Crippen LogP contribution in [0.2, 0.25) is 0 Å². The van der Waals surface area contributed by atoms with E-state index in [0.717, 1.165) is 57.8 Å². The van der Waals surface area contributed by atoms with E-state index in [1.165, 1.54) is 5.39 Å². The molecule has 3 heterocycles. The number of hydrogen-bond acceptors (Lipinski definition) is 6. The van der Waals surface area contributed by atoms with Gasteiger partial charge in [-0.05, 0) is 47.9 Å². The average Bonchev–Trinajstić information content (AvgIpc) is 3.37. The van der Waals surface area contributed by atoms with E-state index >= 15 is 0 Å². The summed E-state index contributed by atoms with van der Waals surface area (Å²) in [6.07, 6.45) is 1.69. The van der Waals surface area contributed by atoms with E-state index in [0.29, 0.717) is 31.9 Å². The van der Waals surface area contributed by atoms with Gasteiger partial charge in [-0.2, -0.15) is 4.98 Å². The molecule has 1 fully saturated rings. The molecule has 3 aromatic carbocycles. The van der Waals surface area contributed by atoms with Gasteiger partial charge in [-0.1, -0.05) is 60.6 Å². The molecule has 1 N–H and O–H groups in total. The number of amides is 2. The fourth-order valence-corrected chi connectivity index (χ4v) is 5.02. The lowest BCUT2D eigenvalue weighted by molar-refractivity contribution is 0.208. The van der Waals surface area contributed by atoms with Gasteiger partial charge in [-0.3, -0.25) is 0 Å². The number of rotatable bonds is 5. The Balaban J connectivity index is 1.30. The van der Waals surface area contributed by atoms with Gasteiger partial charge in [0.15, 0.2) is 0 Å². The second kappa shape index (κ2) is 10.1. The van der Waals surface area contributed by atoms with Crippen LogP contribution in [0.15, 0.2) is 71.3 Å². The molecule has 6 rings (SSSR count). The van der Waals surface area contributed by atoms with E-state index in [-0.39, 0.29) is 6.03 Å². The average molecular weight is 507 g/mol. The van der Waals surface area contributed by atoms with Crippen LogP contribution in [0.3, 0.4) is 0 Å². The number of anilines is 2. The minimum Gasteiger partial charge on any atom is -0.352 e. The first kappa shape index (κ1) is 23.9. The molecule has 0 radical (unpaired) electrons. The summed E-state index contributed by atoms with van der Waals surface area (Å²) in [5, 5.41) is 10.6. The highest BCUT2D eigenvalue weighted by Gasteiger charge is 2.27. The van der Waals surface area contributed by atoms with Crippen molar-refractivity contribution in [1.82, 2.24) is 20.0 Å². The maximum Gasteiger partial charge on any atom is 0.321 e. The molecule has 38 heavy (non-hydrogen) atoms. The Morgan fingerprint density at radius 1 is 0.947 bits per heavy atom. The Labute approximate surface area is 221 Å². The van der Waals surface area contributed by atoms with Crippen LogP contribution < -0.4 is 10.2 Å². The van der Waals surface area contributed by atoms with Crippen molar-refractivity contribution in [2.45, 2.75) is 26.7 Å². The number of fused-ring (bicyclic) bond motifs is 2. The Morgan fingerprint density at radius 3 is 2.55 bits per heavy atom. The number of carbonyl (C=O) groups is 1. The molecule has 5 aromatic rings. The quantitative estimate of drug-likeness (QED) is 0.312. The molecule has 1 saturated heterocycles. The summed E-state index contributed by atoms with van der Waals surface area (Å²) in [5.74, 6) is 1.57. The summed E-state index contributed by atoms with van der Waals surface area (Å²) in [4.78, 5) is 26.7. The minimum absolute atomic E-state index is 0.0865. The SMILES string of the molecule is CCCc1nc(N2CCN(C(=O)Nc3cccc(C)c3)CC2)c2c(-c3ccc4ccccc4c3)noc2n1. The van der Waals surface area contributed by atoms with Crippen LogP contribution in [-0.4, -0.2) is 52.2 Å². The molecular weight excluding hydrogens is 476 g/mol.